The standard InChI is InChI=1S/C20H29N5O/c1-15-7-8-20(26)25(21-15)13-16-9-11-24(12-10-16)14-19-17-5-3-4-6-18(17)22-23(19)2/h7-8,16H,3-6,9-14H2,1-2H3. The number of aromatic nitrogens is 4. The summed E-state index contributed by atoms with van der Waals surface area (Å²) >= 11 is 0. The van der Waals surface area contributed by atoms with Crippen LogP contribution in [-0.4, -0.2) is 37.6 Å². The molecule has 0 amide bonds. The Morgan fingerprint density at radius 3 is 2.69 bits per heavy atom. The van der Waals surface area contributed by atoms with Gasteiger partial charge in [-0.15, -0.1) is 0 Å². The van der Waals surface area contributed by atoms with E-state index in [2.05, 4.69) is 21.7 Å². The van der Waals surface area contributed by atoms with Gasteiger partial charge >= 0.3 is 0 Å². The molecule has 1 aliphatic heterocycles. The average Bonchev–Trinajstić information content (AvgIpc) is 2.95. The molecule has 6 heteroatoms. The predicted molar refractivity (Wildman–Crippen MR) is 101 cm³/mol. The lowest BCUT2D eigenvalue weighted by Crippen LogP contribution is -2.37. The zero-order valence-corrected chi connectivity index (χ0v) is 15.9. The Labute approximate surface area is 154 Å². The van der Waals surface area contributed by atoms with Crippen molar-refractivity contribution in [3.8, 4) is 0 Å². The molecule has 0 bridgehead atoms. The van der Waals surface area contributed by atoms with Crippen LogP contribution in [0.4, 0.5) is 0 Å². The maximum atomic E-state index is 12.0. The first-order valence-electron chi connectivity index (χ1n) is 9.91. The van der Waals surface area contributed by atoms with Crippen molar-refractivity contribution in [2.75, 3.05) is 13.1 Å². The molecular weight excluding hydrogens is 326 g/mol. The summed E-state index contributed by atoms with van der Waals surface area (Å²) in [5.74, 6) is 0.540. The van der Waals surface area contributed by atoms with Crippen LogP contribution in [-0.2, 0) is 33.0 Å². The van der Waals surface area contributed by atoms with Gasteiger partial charge < -0.3 is 0 Å². The zero-order chi connectivity index (χ0) is 18.1. The monoisotopic (exact) mass is 355 g/mol. The maximum absolute atomic E-state index is 12.0. The van der Waals surface area contributed by atoms with E-state index < -0.39 is 0 Å². The highest BCUT2D eigenvalue weighted by Crippen LogP contribution is 2.26. The summed E-state index contributed by atoms with van der Waals surface area (Å²) in [7, 11) is 2.09. The number of hydrogen-bond donors (Lipinski definition) is 0. The third-order valence-corrected chi connectivity index (χ3v) is 5.96. The molecule has 140 valence electrons. The SMILES string of the molecule is Cc1ccc(=O)n(CC2CCN(Cc3c4c(nn3C)CCCC4)CC2)n1. The zero-order valence-electron chi connectivity index (χ0n) is 15.9. The molecule has 0 N–H and O–H groups in total. The molecule has 1 saturated heterocycles. The molecule has 2 aromatic heterocycles. The van der Waals surface area contributed by atoms with E-state index in [-0.39, 0.29) is 5.56 Å². The number of rotatable bonds is 4. The van der Waals surface area contributed by atoms with E-state index in [9.17, 15) is 4.79 Å². The molecule has 3 heterocycles. The van der Waals surface area contributed by atoms with E-state index in [0.29, 0.717) is 5.92 Å². The Morgan fingerprint density at radius 2 is 1.88 bits per heavy atom. The normalized spacial score (nSPS) is 18.8. The van der Waals surface area contributed by atoms with Gasteiger partial charge in [0.15, 0.2) is 0 Å². The molecule has 0 spiro atoms. The van der Waals surface area contributed by atoms with Gasteiger partial charge in [0.1, 0.15) is 0 Å². The van der Waals surface area contributed by atoms with Crippen LogP contribution in [0.15, 0.2) is 16.9 Å². The molecule has 0 unspecified atom stereocenters. The van der Waals surface area contributed by atoms with Crippen LogP contribution in [0.25, 0.3) is 0 Å². The van der Waals surface area contributed by atoms with E-state index in [4.69, 9.17) is 5.10 Å². The molecule has 1 fully saturated rings. The lowest BCUT2D eigenvalue weighted by Gasteiger charge is -2.32. The fraction of sp³-hybridized carbons (Fsp3) is 0.650. The topological polar surface area (TPSA) is 56.0 Å². The Hall–Kier alpha value is -1.95. The van der Waals surface area contributed by atoms with Gasteiger partial charge in [-0.05, 0) is 76.1 Å². The third-order valence-electron chi connectivity index (χ3n) is 5.96. The molecule has 1 aliphatic carbocycles. The molecule has 6 nitrogen and oxygen atoms in total. The Balaban J connectivity index is 1.36. The minimum atomic E-state index is 0.0135. The summed E-state index contributed by atoms with van der Waals surface area (Å²) in [6, 6.07) is 3.42. The number of hydrogen-bond acceptors (Lipinski definition) is 4. The minimum Gasteiger partial charge on any atom is -0.297 e. The quantitative estimate of drug-likeness (QED) is 0.843. The summed E-state index contributed by atoms with van der Waals surface area (Å²) in [6.07, 6.45) is 7.16. The van der Waals surface area contributed by atoms with Gasteiger partial charge in [0.2, 0.25) is 0 Å². The first kappa shape index (κ1) is 17.5. The fourth-order valence-electron chi connectivity index (χ4n) is 4.41. The summed E-state index contributed by atoms with van der Waals surface area (Å²) < 4.78 is 3.76. The van der Waals surface area contributed by atoms with E-state index >= 15 is 0 Å². The second-order valence-electron chi connectivity index (χ2n) is 7.92. The summed E-state index contributed by atoms with van der Waals surface area (Å²) in [5.41, 5.74) is 5.17. The summed E-state index contributed by atoms with van der Waals surface area (Å²) in [5, 5.41) is 9.13. The molecule has 0 aromatic carbocycles. The van der Waals surface area contributed by atoms with Crippen LogP contribution in [0.5, 0.6) is 0 Å². The number of piperidine rings is 1. The molecule has 26 heavy (non-hydrogen) atoms. The van der Waals surface area contributed by atoms with Crippen molar-refractivity contribution >= 4 is 0 Å². The van der Waals surface area contributed by atoms with Crippen LogP contribution >= 0.6 is 0 Å². The van der Waals surface area contributed by atoms with Gasteiger partial charge in [-0.1, -0.05) is 0 Å². The first-order chi connectivity index (χ1) is 12.6. The van der Waals surface area contributed by atoms with Crippen molar-refractivity contribution in [2.24, 2.45) is 13.0 Å². The van der Waals surface area contributed by atoms with Gasteiger partial charge in [0.05, 0.1) is 17.1 Å². The number of nitrogens with zero attached hydrogens (tertiary/aromatic N) is 5. The largest absolute Gasteiger partial charge is 0.297 e. The lowest BCUT2D eigenvalue weighted by molar-refractivity contribution is 0.160. The highest BCUT2D eigenvalue weighted by atomic mass is 16.1. The number of likely N-dealkylation sites (tertiary alicyclic amines) is 1. The second kappa shape index (κ2) is 7.35. The van der Waals surface area contributed by atoms with Crippen LogP contribution in [0.1, 0.15) is 48.3 Å². The van der Waals surface area contributed by atoms with Gasteiger partial charge in [-0.3, -0.25) is 14.4 Å². The van der Waals surface area contributed by atoms with E-state index in [1.165, 1.54) is 36.2 Å². The second-order valence-corrected chi connectivity index (χ2v) is 7.92. The van der Waals surface area contributed by atoms with Crippen molar-refractivity contribution < 1.29 is 0 Å². The molecular formula is C20H29N5O. The predicted octanol–water partition coefficient (Wildman–Crippen LogP) is 2.08. The molecule has 0 saturated carbocycles. The fourth-order valence-corrected chi connectivity index (χ4v) is 4.41. The highest BCUT2D eigenvalue weighted by molar-refractivity contribution is 5.28. The van der Waals surface area contributed by atoms with Crippen LogP contribution in [0.2, 0.25) is 0 Å². The van der Waals surface area contributed by atoms with Crippen LogP contribution in [0, 0.1) is 12.8 Å². The van der Waals surface area contributed by atoms with E-state index in [1.54, 1.807) is 16.8 Å². The molecule has 4 rings (SSSR count). The first-order valence-corrected chi connectivity index (χ1v) is 9.91. The number of aryl methyl sites for hydroxylation is 3. The van der Waals surface area contributed by atoms with E-state index in [0.717, 1.165) is 51.1 Å². The lowest BCUT2D eigenvalue weighted by atomic mass is 9.94. The molecule has 0 radical (unpaired) electrons. The van der Waals surface area contributed by atoms with Crippen LogP contribution < -0.4 is 5.56 Å². The van der Waals surface area contributed by atoms with Crippen LogP contribution in [0.3, 0.4) is 0 Å². The summed E-state index contributed by atoms with van der Waals surface area (Å²) in [4.78, 5) is 14.5. The Kier molecular flexibility index (Phi) is 4.94. The smallest absolute Gasteiger partial charge is 0.266 e. The van der Waals surface area contributed by atoms with Gasteiger partial charge in [-0.25, -0.2) is 4.68 Å². The third kappa shape index (κ3) is 3.61. The summed E-state index contributed by atoms with van der Waals surface area (Å²) in [6.45, 7) is 5.87. The Morgan fingerprint density at radius 1 is 1.12 bits per heavy atom. The number of fused-ring (bicyclic) bond motifs is 1. The van der Waals surface area contributed by atoms with Gasteiger partial charge in [0, 0.05) is 26.2 Å². The van der Waals surface area contributed by atoms with Crippen molar-refractivity contribution in [2.45, 2.75) is 58.5 Å². The molecule has 0 atom stereocenters. The van der Waals surface area contributed by atoms with Crippen molar-refractivity contribution in [1.82, 2.24) is 24.5 Å². The molecule has 2 aliphatic rings. The van der Waals surface area contributed by atoms with Crippen molar-refractivity contribution in [3.63, 3.8) is 0 Å². The van der Waals surface area contributed by atoms with Crippen molar-refractivity contribution in [3.05, 3.63) is 45.1 Å². The average molecular weight is 355 g/mol. The molecule has 2 aromatic rings. The highest BCUT2D eigenvalue weighted by Gasteiger charge is 2.24. The van der Waals surface area contributed by atoms with Crippen molar-refractivity contribution in [1.29, 1.82) is 0 Å². The van der Waals surface area contributed by atoms with E-state index in [1.807, 2.05) is 6.92 Å². The maximum Gasteiger partial charge on any atom is 0.266 e. The minimum absolute atomic E-state index is 0.0135. The van der Waals surface area contributed by atoms with Gasteiger partial charge in [0.25, 0.3) is 5.56 Å². The van der Waals surface area contributed by atoms with Gasteiger partial charge in [-0.2, -0.15) is 10.2 Å². The Bertz CT molecular complexity index is 829.